The molecule has 4 rings (SSSR count). The van der Waals surface area contributed by atoms with Crippen molar-refractivity contribution in [1.82, 2.24) is 20.2 Å². The monoisotopic (exact) mass is 381 g/mol. The zero-order valence-electron chi connectivity index (χ0n) is 16.4. The molecule has 6 nitrogen and oxygen atoms in total. The van der Waals surface area contributed by atoms with Gasteiger partial charge in [-0.1, -0.05) is 24.3 Å². The van der Waals surface area contributed by atoms with E-state index in [9.17, 15) is 4.39 Å². The van der Waals surface area contributed by atoms with Crippen molar-refractivity contribution in [3.8, 4) is 0 Å². The van der Waals surface area contributed by atoms with Gasteiger partial charge in [0.25, 0.3) is 0 Å². The third-order valence-electron chi connectivity index (χ3n) is 5.44. The van der Waals surface area contributed by atoms with Crippen LogP contribution in [0.15, 0.2) is 42.5 Å². The Morgan fingerprint density at radius 3 is 2.54 bits per heavy atom. The summed E-state index contributed by atoms with van der Waals surface area (Å²) >= 11 is 0. The second kappa shape index (κ2) is 8.06. The molecule has 1 saturated heterocycles. The Morgan fingerprint density at radius 1 is 1.04 bits per heavy atom. The molecule has 2 heterocycles. The van der Waals surface area contributed by atoms with E-state index in [1.54, 1.807) is 12.1 Å². The van der Waals surface area contributed by atoms with Crippen LogP contribution in [0.1, 0.15) is 22.5 Å². The van der Waals surface area contributed by atoms with Gasteiger partial charge in [0, 0.05) is 5.69 Å². The van der Waals surface area contributed by atoms with Crippen LogP contribution in [0.5, 0.6) is 0 Å². The maximum Gasteiger partial charge on any atom is 0.206 e. The third kappa shape index (κ3) is 4.20. The van der Waals surface area contributed by atoms with Gasteiger partial charge in [-0.2, -0.15) is 0 Å². The number of aryl methyl sites for hydroxylation is 2. The quantitative estimate of drug-likeness (QED) is 0.726. The molecule has 3 aromatic rings. The number of hydrogen-bond acceptors (Lipinski definition) is 4. The Labute approximate surface area is 164 Å². The predicted octanol–water partition coefficient (Wildman–Crippen LogP) is 1.38. The molecule has 7 heteroatoms. The zero-order valence-corrected chi connectivity index (χ0v) is 16.4. The molecule has 146 valence electrons. The second-order valence-electron chi connectivity index (χ2n) is 7.58. The zero-order chi connectivity index (χ0) is 19.5. The van der Waals surface area contributed by atoms with Gasteiger partial charge in [0.15, 0.2) is 0 Å². The fourth-order valence-corrected chi connectivity index (χ4v) is 3.76. The topological polar surface area (TPSA) is 51.3 Å². The van der Waals surface area contributed by atoms with Crippen LogP contribution >= 0.6 is 0 Å². The van der Waals surface area contributed by atoms with Crippen LogP contribution in [0.3, 0.4) is 0 Å². The first-order chi connectivity index (χ1) is 13.6. The lowest BCUT2D eigenvalue weighted by Gasteiger charge is -2.34. The average molecular weight is 381 g/mol. The van der Waals surface area contributed by atoms with Gasteiger partial charge in [-0.05, 0) is 59.2 Å². The van der Waals surface area contributed by atoms with Gasteiger partial charge in [-0.25, -0.2) is 9.07 Å². The maximum absolute atomic E-state index is 13.1. The molecule has 2 aromatic carbocycles. The van der Waals surface area contributed by atoms with Crippen LogP contribution in [-0.2, 0) is 13.1 Å². The van der Waals surface area contributed by atoms with E-state index in [1.165, 1.54) is 33.8 Å². The Balaban J connectivity index is 1.37. The lowest BCUT2D eigenvalue weighted by Crippen LogP contribution is -3.13. The highest BCUT2D eigenvalue weighted by Gasteiger charge is 2.23. The van der Waals surface area contributed by atoms with Crippen LogP contribution < -0.4 is 9.80 Å². The molecular weight excluding hydrogens is 355 g/mol. The van der Waals surface area contributed by atoms with Crippen molar-refractivity contribution in [2.45, 2.75) is 26.9 Å². The van der Waals surface area contributed by atoms with Crippen molar-refractivity contribution < 1.29 is 9.29 Å². The summed E-state index contributed by atoms with van der Waals surface area (Å²) in [6.45, 7) is 9.84. The highest BCUT2D eigenvalue weighted by Crippen LogP contribution is 2.21. The molecule has 0 atom stereocenters. The van der Waals surface area contributed by atoms with E-state index in [4.69, 9.17) is 0 Å². The average Bonchev–Trinajstić information content (AvgIpc) is 3.13. The van der Waals surface area contributed by atoms with Gasteiger partial charge in [0.1, 0.15) is 12.4 Å². The molecule has 0 spiro atoms. The van der Waals surface area contributed by atoms with Crippen molar-refractivity contribution in [3.05, 3.63) is 70.8 Å². The number of halogens is 1. The fraction of sp³-hybridized carbons (Fsp3) is 0.381. The van der Waals surface area contributed by atoms with Gasteiger partial charge in [-0.15, -0.1) is 5.10 Å². The number of piperazine rings is 1. The lowest BCUT2D eigenvalue weighted by atomic mass is 10.1. The molecule has 1 fully saturated rings. The predicted molar refractivity (Wildman–Crippen MR) is 106 cm³/mol. The summed E-state index contributed by atoms with van der Waals surface area (Å²) in [6, 6.07) is 13.1. The van der Waals surface area contributed by atoms with Gasteiger partial charge >= 0.3 is 0 Å². The molecule has 28 heavy (non-hydrogen) atoms. The number of rotatable bonds is 5. The van der Waals surface area contributed by atoms with Crippen molar-refractivity contribution >= 4 is 5.69 Å². The minimum atomic E-state index is -0.230. The normalized spacial score (nSPS) is 15.2. The first-order valence-corrected chi connectivity index (χ1v) is 9.74. The largest absolute Gasteiger partial charge is 0.360 e. The minimum Gasteiger partial charge on any atom is -0.360 e. The third-order valence-corrected chi connectivity index (χ3v) is 5.44. The number of anilines is 1. The number of quaternary nitrogens is 1. The van der Waals surface area contributed by atoms with E-state index in [1.807, 2.05) is 4.68 Å². The first-order valence-electron chi connectivity index (χ1n) is 9.74. The molecule has 0 aliphatic carbocycles. The molecule has 1 aliphatic rings. The SMILES string of the molecule is Cc1ccc(C)c(N2CC[NH+](Cc3nnnn3Cc3ccc(F)cc3)CC2)c1. The van der Waals surface area contributed by atoms with Gasteiger partial charge in [0.2, 0.25) is 5.82 Å². The van der Waals surface area contributed by atoms with Gasteiger partial charge in [0.05, 0.1) is 32.7 Å². The molecule has 0 amide bonds. The molecule has 1 aromatic heterocycles. The Bertz CT molecular complexity index is 928. The summed E-state index contributed by atoms with van der Waals surface area (Å²) in [5, 5.41) is 12.2. The fourth-order valence-electron chi connectivity index (χ4n) is 3.76. The minimum absolute atomic E-state index is 0.230. The van der Waals surface area contributed by atoms with Crippen molar-refractivity contribution in [1.29, 1.82) is 0 Å². The smallest absolute Gasteiger partial charge is 0.206 e. The first kappa shape index (κ1) is 18.6. The molecule has 0 unspecified atom stereocenters. The number of nitrogens with zero attached hydrogens (tertiary/aromatic N) is 5. The molecule has 1 N–H and O–H groups in total. The molecule has 1 aliphatic heterocycles. The summed E-state index contributed by atoms with van der Waals surface area (Å²) in [4.78, 5) is 3.96. The van der Waals surface area contributed by atoms with E-state index in [0.29, 0.717) is 6.54 Å². The van der Waals surface area contributed by atoms with Crippen LogP contribution in [-0.4, -0.2) is 46.4 Å². The highest BCUT2D eigenvalue weighted by molar-refractivity contribution is 5.55. The molecular formula is C21H26FN6+. The standard InChI is InChI=1S/C21H25FN6/c1-16-3-4-17(2)20(13-16)27-11-9-26(10-12-27)15-21-23-24-25-28(21)14-18-5-7-19(22)8-6-18/h3-8,13H,9-12,14-15H2,1-2H3/p+1. The lowest BCUT2D eigenvalue weighted by molar-refractivity contribution is -0.915. The van der Waals surface area contributed by atoms with E-state index >= 15 is 0 Å². The van der Waals surface area contributed by atoms with Crippen LogP contribution in [0.25, 0.3) is 0 Å². The van der Waals surface area contributed by atoms with Gasteiger partial charge in [-0.3, -0.25) is 0 Å². The maximum atomic E-state index is 13.1. The highest BCUT2D eigenvalue weighted by atomic mass is 19.1. The number of tetrazole rings is 1. The molecule has 0 saturated carbocycles. The Kier molecular flexibility index (Phi) is 5.34. The van der Waals surface area contributed by atoms with E-state index in [2.05, 4.69) is 52.5 Å². The molecule has 0 radical (unpaired) electrons. The van der Waals surface area contributed by atoms with Crippen LogP contribution in [0.4, 0.5) is 10.1 Å². The van der Waals surface area contributed by atoms with E-state index < -0.39 is 0 Å². The van der Waals surface area contributed by atoms with Crippen molar-refractivity contribution in [2.24, 2.45) is 0 Å². The van der Waals surface area contributed by atoms with Crippen LogP contribution in [0, 0.1) is 19.7 Å². The number of benzene rings is 2. The summed E-state index contributed by atoms with van der Waals surface area (Å²) in [6.07, 6.45) is 0. The van der Waals surface area contributed by atoms with Crippen LogP contribution in [0.2, 0.25) is 0 Å². The Hall–Kier alpha value is -2.80. The van der Waals surface area contributed by atoms with E-state index in [-0.39, 0.29) is 5.82 Å². The van der Waals surface area contributed by atoms with Gasteiger partial charge < -0.3 is 9.80 Å². The number of nitrogens with one attached hydrogen (secondary N) is 1. The summed E-state index contributed by atoms with van der Waals surface area (Å²) < 4.78 is 14.9. The Morgan fingerprint density at radius 2 is 1.79 bits per heavy atom. The second-order valence-corrected chi connectivity index (χ2v) is 7.58. The van der Waals surface area contributed by atoms with Crippen molar-refractivity contribution in [3.63, 3.8) is 0 Å². The van der Waals surface area contributed by atoms with Crippen molar-refractivity contribution in [2.75, 3.05) is 31.1 Å². The number of hydrogen-bond donors (Lipinski definition) is 1. The summed E-state index contributed by atoms with van der Waals surface area (Å²) in [5.74, 6) is 0.645. The summed E-state index contributed by atoms with van der Waals surface area (Å²) in [5.41, 5.74) is 4.97. The molecule has 0 bridgehead atoms. The summed E-state index contributed by atoms with van der Waals surface area (Å²) in [7, 11) is 0. The number of aromatic nitrogens is 4. The van der Waals surface area contributed by atoms with E-state index in [0.717, 1.165) is 44.1 Å².